The molecule has 20 rings (SSSR count). The van der Waals surface area contributed by atoms with E-state index in [2.05, 4.69) is 125 Å². The number of halogens is 18. The fourth-order valence-electron chi connectivity index (χ4n) is 16.8. The largest absolute Gasteiger partial charge is 1.00 e. The van der Waals surface area contributed by atoms with Gasteiger partial charge in [0.15, 0.2) is 0 Å². The minimum absolute atomic E-state index is 0. The number of fused-ring (bicyclic) bond motifs is 8. The molecule has 0 saturated heterocycles. The number of H-pyrrole nitrogens is 1. The number of nitrogens with one attached hydrogen (secondary N) is 10. The van der Waals surface area contributed by atoms with Crippen molar-refractivity contribution in [2.24, 2.45) is 17.6 Å². The first-order valence-corrected chi connectivity index (χ1v) is 46.3. The molecule has 0 aromatic carbocycles. The van der Waals surface area contributed by atoms with Gasteiger partial charge < -0.3 is 81.2 Å². The number of anilines is 11. The fourth-order valence-corrected chi connectivity index (χ4v) is 19.2. The second-order valence-corrected chi connectivity index (χ2v) is 38.2. The van der Waals surface area contributed by atoms with Crippen LogP contribution < -0.4 is 150 Å². The number of primary amides is 1. The first-order valence-electron chi connectivity index (χ1n) is 42.8. The van der Waals surface area contributed by atoms with Gasteiger partial charge >= 0.3 is 51.4 Å². The predicted molar refractivity (Wildman–Crippen MR) is 506 cm³/mol. The van der Waals surface area contributed by atoms with Crippen molar-refractivity contribution in [3.05, 3.63) is 194 Å². The molecular weight excluding hydrogens is 2200 g/mol. The van der Waals surface area contributed by atoms with Crippen molar-refractivity contribution in [1.29, 1.82) is 0 Å². The van der Waals surface area contributed by atoms with Gasteiger partial charge in [0.1, 0.15) is 146 Å². The van der Waals surface area contributed by atoms with Crippen LogP contribution in [-0.4, -0.2) is 145 Å². The quantitative estimate of drug-likeness (QED) is 0.0422. The van der Waals surface area contributed by atoms with Gasteiger partial charge in [-0.2, -0.15) is 0 Å². The molecule has 4 aliphatic heterocycles. The number of Topliss-reactive ketones (excluding diaryl/α,β-unsaturated/α-hetero) is 1. The molecule has 143 heavy (non-hydrogen) atoms. The minimum Gasteiger partial charge on any atom is -0.870 e. The number of nitrogens with zero attached hydrogens (tertiary/aromatic N) is 12. The maximum absolute atomic E-state index is 13.8. The topological polar surface area (TPSA) is 603 Å². The number of rotatable bonds is 11. The third-order valence-electron chi connectivity index (χ3n) is 24.4. The maximum atomic E-state index is 13.8. The van der Waals surface area contributed by atoms with Gasteiger partial charge in [0.05, 0.1) is 34.1 Å². The SMILES string of the molecule is Cl.NC(=O)c1[nH]c(=O)c(Br)cc1Cl.Nc1cc(NC(=O)C2CC2)ncn1.Nc1cc(Nc2cc(Cl)c3n(c2=O)C2(CCC(F)(F)CC2)NC3=O)ncn1.Nc1cc(Nc2cc(Cl)c3n(c2=O)C2(CCC(F)(F)CC2)NC3=O)ncn1.O=C1CCC(F)(F)CC1.O=C1NC2(CCC(F)(F)CC2)n2c1c(Cl)cc(Br)c2=O.O=C1NC2(CCC(F)(F)CC2)n2c1c(Cl)cc(Nc1cc(NC(=O)C3CC3)ncn1)c2=O.[K+].[OH-]. The number of alkyl halides is 10. The van der Waals surface area contributed by atoms with Crippen molar-refractivity contribution in [2.45, 2.75) is 206 Å². The molecule has 11 aliphatic rings. The summed E-state index contributed by atoms with van der Waals surface area (Å²) in [5.41, 5.74) is 14.2. The van der Waals surface area contributed by atoms with Gasteiger partial charge in [0.2, 0.25) is 41.4 Å². The standard InChI is InChI=1S/C20H19ClF2N6O3.2C16H15ClF2N6O2.C12H10BrClF2N2O2.C8H10N4O.C6H4BrClN2O2.C6H8F2O.ClH.K.H2O/c21-11-7-12(26-13-8-14(25-9-24-13)27-16(30)10-1-2-10)18(32)29-15(11)17(31)28-20(29)5-3-19(22,23)4-6-20;2*17-8-5-9(23-11-6-10(20)21-7-22-11)14(27)25-12(8)13(26)24-16(25)3-1-15(18,19)2-4-16;13-6-5-7(14)8-9(19)17-12(18(8)10(6)20)3-1-11(15,16)2-4-12;9-6-3-7(11-4-10-6)12-8(13)5-1-2-5;7-2-1-3(8)4(5(9)11)10-6(2)12;7-6(8)3-1-5(9)2-4-6;;;/h7-10H,1-6H2,(H,28,31)(H2,24,25,26,27,30);2*5-7H,1-4H2,(H,24,26)(H3,20,21,22,23);5H,1-4H2,(H,17,19);3-5H,1-2H2,(H3,9,10,11,12,13);1H,(H2,9,11)(H,10,12);1-4H2;1H;;1H2/q;;;;;;;;+1;/p-1. The van der Waals surface area contributed by atoms with Crippen LogP contribution in [-0.2, 0) is 37.0 Å². The van der Waals surface area contributed by atoms with Crippen LogP contribution in [0.15, 0.2) is 113 Å². The Kier molecular flexibility index (Phi) is 35.0. The zero-order chi connectivity index (χ0) is 102. The molecule has 4 spiro atoms. The van der Waals surface area contributed by atoms with E-state index in [1.807, 2.05) is 0 Å². The summed E-state index contributed by atoms with van der Waals surface area (Å²) in [5, 5.41) is 24.9. The number of nitrogen functional groups attached to an aromatic ring is 3. The van der Waals surface area contributed by atoms with Gasteiger partial charge in [0, 0.05) is 113 Å². The Bertz CT molecular complexity index is 6660. The summed E-state index contributed by atoms with van der Waals surface area (Å²) in [7, 11) is 0. The average molecular weight is 2280 g/mol. The van der Waals surface area contributed by atoms with Gasteiger partial charge in [-0.3, -0.25) is 80.6 Å². The molecule has 59 heteroatoms. The number of ketones is 1. The molecule has 9 aromatic heterocycles. The van der Waals surface area contributed by atoms with Gasteiger partial charge in [-0.25, -0.2) is 83.8 Å². The molecule has 19 N–H and O–H groups in total. The number of carbonyl (C=O) groups excluding carboxylic acids is 8. The van der Waals surface area contributed by atoms with Crippen molar-refractivity contribution in [2.75, 3.05) is 43.8 Å². The van der Waals surface area contributed by atoms with Crippen molar-refractivity contribution in [3.63, 3.8) is 0 Å². The molecule has 760 valence electrons. The summed E-state index contributed by atoms with van der Waals surface area (Å²) in [6, 6.07) is 12.4. The van der Waals surface area contributed by atoms with Gasteiger partial charge in [0.25, 0.3) is 57.3 Å². The van der Waals surface area contributed by atoms with Crippen molar-refractivity contribution < 1.29 is 139 Å². The summed E-state index contributed by atoms with van der Waals surface area (Å²) in [6.45, 7) is 0. The first kappa shape index (κ1) is 113. The Hall–Kier alpha value is -10.6. The molecule has 7 saturated carbocycles. The molecule has 0 unspecified atom stereocenters. The smallest absolute Gasteiger partial charge is 0.870 e. The van der Waals surface area contributed by atoms with Gasteiger partial charge in [-0.05, 0) is 139 Å². The Morgan fingerprint density at radius 3 is 0.916 bits per heavy atom. The molecular formula is C84H83Br2Cl6F10KN26O14. The second kappa shape index (κ2) is 44.4. The van der Waals surface area contributed by atoms with Crippen molar-refractivity contribution in [3.8, 4) is 0 Å². The third kappa shape index (κ3) is 25.9. The van der Waals surface area contributed by atoms with E-state index in [0.717, 1.165) is 25.7 Å². The maximum Gasteiger partial charge on any atom is 1.00 e. The first-order chi connectivity index (χ1) is 65.7. The Balaban J connectivity index is 0.000000164. The Morgan fingerprint density at radius 1 is 0.364 bits per heavy atom. The summed E-state index contributed by atoms with van der Waals surface area (Å²) in [5.74, 6) is -14.4. The summed E-state index contributed by atoms with van der Waals surface area (Å²) in [4.78, 5) is 190. The van der Waals surface area contributed by atoms with E-state index in [0.29, 0.717) is 11.6 Å². The second-order valence-electron chi connectivity index (χ2n) is 34.5. The molecule has 9 aromatic rings. The normalized spacial score (nSPS) is 19.0. The zero-order valence-electron chi connectivity index (χ0n) is 74.4. The zero-order valence-corrected chi connectivity index (χ0v) is 85.3. The molecule has 7 aliphatic carbocycles. The van der Waals surface area contributed by atoms with E-state index in [-0.39, 0.29) is 303 Å². The molecule has 40 nitrogen and oxygen atoms in total. The molecule has 0 atom stereocenters. The van der Waals surface area contributed by atoms with E-state index in [4.69, 9.17) is 80.9 Å². The number of carbonyl (C=O) groups is 8. The van der Waals surface area contributed by atoms with E-state index in [1.54, 1.807) is 6.07 Å². The van der Waals surface area contributed by atoms with Gasteiger partial charge in [-0.15, -0.1) is 12.4 Å². The van der Waals surface area contributed by atoms with Crippen LogP contribution >= 0.6 is 102 Å². The predicted octanol–water partition coefficient (Wildman–Crippen LogP) is 10.6. The fraction of sp³-hybridized carbons (Fsp3) is 0.417. The van der Waals surface area contributed by atoms with Crippen LogP contribution in [0.5, 0.6) is 0 Å². The monoisotopic (exact) mass is 2280 g/mol. The molecule has 7 amide bonds. The number of pyridine rings is 5. The van der Waals surface area contributed by atoms with Gasteiger partial charge in [-0.1, -0.05) is 58.0 Å². The van der Waals surface area contributed by atoms with E-state index in [1.165, 1.54) is 92.1 Å². The molecule has 0 bridgehead atoms. The van der Waals surface area contributed by atoms with Crippen molar-refractivity contribution in [1.82, 2.24) is 84.4 Å². The van der Waals surface area contributed by atoms with Crippen LogP contribution in [0.4, 0.5) is 108 Å². The summed E-state index contributed by atoms with van der Waals surface area (Å²) >= 11 is 36.4. The van der Waals surface area contributed by atoms with Crippen molar-refractivity contribution >= 4 is 213 Å². The number of amides is 7. The summed E-state index contributed by atoms with van der Waals surface area (Å²) in [6.07, 6.45) is 4.43. The molecule has 13 heterocycles. The number of hydrogen-bond acceptors (Lipinski definition) is 28. The molecule has 0 radical (unpaired) electrons. The summed E-state index contributed by atoms with van der Waals surface area (Å²) < 4.78 is 138. The third-order valence-corrected chi connectivity index (χ3v) is 27.0. The average Bonchev–Trinajstić information content (AvgIpc) is 1.59. The minimum atomic E-state index is -2.84. The number of aromatic nitrogens is 13. The molecule has 7 fully saturated rings. The Morgan fingerprint density at radius 2 is 0.622 bits per heavy atom. The van der Waals surface area contributed by atoms with E-state index >= 15 is 0 Å². The number of hydrogen-bond donors (Lipinski definition) is 14. The van der Waals surface area contributed by atoms with Crippen LogP contribution in [0.2, 0.25) is 25.1 Å². The number of aromatic amines is 1. The Labute approximate surface area is 890 Å². The number of nitrogens with two attached hydrogens (primary N) is 4. The van der Waals surface area contributed by atoms with E-state index in [9.17, 15) is 106 Å². The van der Waals surface area contributed by atoms with Crippen LogP contribution in [0.1, 0.15) is 207 Å². The van der Waals surface area contributed by atoms with Crippen LogP contribution in [0, 0.1) is 11.8 Å². The van der Waals surface area contributed by atoms with Crippen LogP contribution in [0.3, 0.4) is 0 Å². The van der Waals surface area contributed by atoms with Crippen LogP contribution in [0.25, 0.3) is 0 Å². The van der Waals surface area contributed by atoms with E-state index < -0.39 is 148 Å².